The third kappa shape index (κ3) is 3.80. The van der Waals surface area contributed by atoms with E-state index in [-0.39, 0.29) is 17.3 Å². The summed E-state index contributed by atoms with van der Waals surface area (Å²) in [5.74, 6) is 0.455. The minimum Gasteiger partial charge on any atom is -0.323 e. The van der Waals surface area contributed by atoms with E-state index in [2.05, 4.69) is 20.5 Å². The van der Waals surface area contributed by atoms with Crippen LogP contribution < -0.4 is 5.32 Å². The molecule has 0 aliphatic heterocycles. The number of nitrogens with zero attached hydrogens (tertiary/aromatic N) is 2. The van der Waals surface area contributed by atoms with Crippen LogP contribution in [0.25, 0.3) is 0 Å². The van der Waals surface area contributed by atoms with Gasteiger partial charge >= 0.3 is 6.18 Å². The fraction of sp³-hybridized carbons (Fsp3) is 0.182. The van der Waals surface area contributed by atoms with Crippen LogP contribution in [0.15, 0.2) is 24.3 Å². The molecule has 1 heterocycles. The molecule has 1 aromatic heterocycles. The third-order valence-electron chi connectivity index (χ3n) is 2.23. The monoisotopic (exact) mass is 269 g/mol. The van der Waals surface area contributed by atoms with Crippen molar-refractivity contribution in [1.82, 2.24) is 15.2 Å². The Balaban J connectivity index is 2.12. The zero-order valence-electron chi connectivity index (χ0n) is 9.62. The molecule has 0 spiro atoms. The summed E-state index contributed by atoms with van der Waals surface area (Å²) in [6, 6.07) is 5.92. The Morgan fingerprint density at radius 1 is 1.37 bits per heavy atom. The van der Waals surface area contributed by atoms with Crippen LogP contribution in [-0.4, -0.2) is 27.6 Å². The van der Waals surface area contributed by atoms with Gasteiger partial charge in [0.25, 0.3) is 0 Å². The number of benzene rings is 1. The summed E-state index contributed by atoms with van der Waals surface area (Å²) in [7, 11) is 0. The van der Waals surface area contributed by atoms with Gasteiger partial charge in [0.2, 0.25) is 5.95 Å². The summed E-state index contributed by atoms with van der Waals surface area (Å²) < 4.78 is 36.8. The van der Waals surface area contributed by atoms with Gasteiger partial charge in [-0.2, -0.15) is 18.2 Å². The molecular weight excluding hydrogens is 259 g/mol. The van der Waals surface area contributed by atoms with Crippen molar-refractivity contribution in [2.75, 3.05) is 5.32 Å². The third-order valence-corrected chi connectivity index (χ3v) is 2.23. The molecule has 0 saturated carbocycles. The van der Waals surface area contributed by atoms with Crippen LogP contribution in [0.5, 0.6) is 0 Å². The summed E-state index contributed by atoms with van der Waals surface area (Å²) in [6.45, 7) is 0. The van der Waals surface area contributed by atoms with Gasteiger partial charge in [0.15, 0.2) is 5.82 Å². The summed E-state index contributed by atoms with van der Waals surface area (Å²) >= 11 is 0. The van der Waals surface area contributed by atoms with Gasteiger partial charge in [-0.3, -0.25) is 5.10 Å². The molecule has 2 rings (SSSR count). The SMILES string of the molecule is N=Cc1nc(Nc2cccc(CC(F)(F)F)c2)n[nH]1. The quantitative estimate of drug-likeness (QED) is 0.747. The molecule has 0 bridgehead atoms. The number of nitrogens with one attached hydrogen (secondary N) is 3. The molecule has 0 radical (unpaired) electrons. The van der Waals surface area contributed by atoms with Crippen LogP contribution in [0.1, 0.15) is 11.4 Å². The normalized spacial score (nSPS) is 11.3. The van der Waals surface area contributed by atoms with Crippen molar-refractivity contribution in [3.05, 3.63) is 35.7 Å². The predicted molar refractivity (Wildman–Crippen MR) is 63.8 cm³/mol. The van der Waals surface area contributed by atoms with Gasteiger partial charge in [-0.05, 0) is 17.7 Å². The maximum Gasteiger partial charge on any atom is 0.393 e. The van der Waals surface area contributed by atoms with Gasteiger partial charge in [-0.15, -0.1) is 5.10 Å². The second kappa shape index (κ2) is 5.09. The van der Waals surface area contributed by atoms with Crippen LogP contribution in [0.2, 0.25) is 0 Å². The van der Waals surface area contributed by atoms with E-state index in [0.29, 0.717) is 5.69 Å². The van der Waals surface area contributed by atoms with E-state index >= 15 is 0 Å². The number of aromatic nitrogens is 3. The molecule has 19 heavy (non-hydrogen) atoms. The first-order valence-electron chi connectivity index (χ1n) is 5.32. The number of hydrogen-bond donors (Lipinski definition) is 3. The molecule has 2 aromatic rings. The lowest BCUT2D eigenvalue weighted by Gasteiger charge is -2.08. The summed E-state index contributed by atoms with van der Waals surface area (Å²) in [5, 5.41) is 16.0. The van der Waals surface area contributed by atoms with E-state index in [1.54, 1.807) is 6.07 Å². The van der Waals surface area contributed by atoms with Crippen LogP contribution in [0, 0.1) is 5.41 Å². The average Bonchev–Trinajstić information content (AvgIpc) is 2.75. The van der Waals surface area contributed by atoms with Crippen molar-refractivity contribution in [3.63, 3.8) is 0 Å². The molecule has 0 aliphatic rings. The van der Waals surface area contributed by atoms with Gasteiger partial charge in [0, 0.05) is 5.69 Å². The van der Waals surface area contributed by atoms with Gasteiger partial charge in [0.1, 0.15) is 0 Å². The Morgan fingerprint density at radius 3 is 2.79 bits per heavy atom. The molecule has 3 N–H and O–H groups in total. The zero-order valence-corrected chi connectivity index (χ0v) is 9.62. The molecule has 100 valence electrons. The number of halogens is 3. The molecular formula is C11H10F3N5. The van der Waals surface area contributed by atoms with E-state index in [9.17, 15) is 13.2 Å². The average molecular weight is 269 g/mol. The summed E-state index contributed by atoms with van der Waals surface area (Å²) in [4.78, 5) is 3.89. The second-order valence-corrected chi connectivity index (χ2v) is 3.81. The molecule has 0 saturated heterocycles. The highest BCUT2D eigenvalue weighted by Gasteiger charge is 2.27. The molecule has 0 unspecified atom stereocenters. The molecule has 8 heteroatoms. The lowest BCUT2D eigenvalue weighted by Crippen LogP contribution is -2.11. The molecule has 1 aromatic carbocycles. The highest BCUT2D eigenvalue weighted by atomic mass is 19.4. The molecule has 5 nitrogen and oxygen atoms in total. The summed E-state index contributed by atoms with van der Waals surface area (Å²) in [5.41, 5.74) is 0.609. The Morgan fingerprint density at radius 2 is 2.16 bits per heavy atom. The standard InChI is InChI=1S/C11H10F3N5/c12-11(13,14)5-7-2-1-3-8(4-7)16-10-17-9(6-15)18-19-10/h1-4,6,15H,5H2,(H2,16,17,18,19). The summed E-state index contributed by atoms with van der Waals surface area (Å²) in [6.07, 6.45) is -4.24. The highest BCUT2D eigenvalue weighted by molar-refractivity contribution is 5.72. The number of rotatable bonds is 4. The fourth-order valence-corrected chi connectivity index (χ4v) is 1.51. The minimum atomic E-state index is -4.24. The van der Waals surface area contributed by atoms with Crippen molar-refractivity contribution in [2.24, 2.45) is 0 Å². The first-order chi connectivity index (χ1) is 8.96. The van der Waals surface area contributed by atoms with E-state index in [4.69, 9.17) is 5.41 Å². The number of hydrogen-bond acceptors (Lipinski definition) is 4. The molecule has 0 amide bonds. The number of aromatic amines is 1. The Kier molecular flexibility index (Phi) is 3.50. The second-order valence-electron chi connectivity index (χ2n) is 3.81. The first kappa shape index (κ1) is 13.1. The Labute approximate surface area is 106 Å². The van der Waals surface area contributed by atoms with Crippen molar-refractivity contribution in [2.45, 2.75) is 12.6 Å². The smallest absolute Gasteiger partial charge is 0.323 e. The minimum absolute atomic E-state index is 0.153. The highest BCUT2D eigenvalue weighted by Crippen LogP contribution is 2.23. The maximum atomic E-state index is 12.3. The van der Waals surface area contributed by atoms with Crippen molar-refractivity contribution < 1.29 is 13.2 Å². The number of anilines is 2. The van der Waals surface area contributed by atoms with E-state index < -0.39 is 12.6 Å². The van der Waals surface area contributed by atoms with Crippen molar-refractivity contribution >= 4 is 17.9 Å². The topological polar surface area (TPSA) is 77.5 Å². The number of H-pyrrole nitrogens is 1. The van der Waals surface area contributed by atoms with Gasteiger partial charge in [-0.25, -0.2) is 0 Å². The predicted octanol–water partition coefficient (Wildman–Crippen LogP) is 2.65. The van der Waals surface area contributed by atoms with Crippen LogP contribution >= 0.6 is 0 Å². The van der Waals surface area contributed by atoms with Gasteiger partial charge < -0.3 is 10.7 Å². The maximum absolute atomic E-state index is 12.3. The number of alkyl halides is 3. The Hall–Kier alpha value is -2.38. The van der Waals surface area contributed by atoms with Crippen molar-refractivity contribution in [1.29, 1.82) is 5.41 Å². The van der Waals surface area contributed by atoms with Gasteiger partial charge in [0.05, 0.1) is 12.6 Å². The van der Waals surface area contributed by atoms with Crippen LogP contribution in [0.4, 0.5) is 24.8 Å². The molecule has 0 aliphatic carbocycles. The lowest BCUT2D eigenvalue weighted by atomic mass is 10.1. The van der Waals surface area contributed by atoms with Gasteiger partial charge in [-0.1, -0.05) is 12.1 Å². The Bertz CT molecular complexity index is 576. The van der Waals surface area contributed by atoms with E-state index in [1.807, 2.05) is 0 Å². The van der Waals surface area contributed by atoms with E-state index in [0.717, 1.165) is 6.21 Å². The molecule has 0 atom stereocenters. The largest absolute Gasteiger partial charge is 0.393 e. The van der Waals surface area contributed by atoms with Crippen molar-refractivity contribution in [3.8, 4) is 0 Å². The van der Waals surface area contributed by atoms with Crippen LogP contribution in [0.3, 0.4) is 0 Å². The fourth-order valence-electron chi connectivity index (χ4n) is 1.51. The molecule has 0 fully saturated rings. The van der Waals surface area contributed by atoms with Crippen LogP contribution in [-0.2, 0) is 6.42 Å². The lowest BCUT2D eigenvalue weighted by molar-refractivity contribution is -0.127. The first-order valence-corrected chi connectivity index (χ1v) is 5.32. The zero-order chi connectivity index (χ0) is 13.9. The van der Waals surface area contributed by atoms with E-state index in [1.165, 1.54) is 18.2 Å².